The van der Waals surface area contributed by atoms with E-state index in [1.54, 1.807) is 30.3 Å². The number of hydrogen-bond acceptors (Lipinski definition) is 5. The van der Waals surface area contributed by atoms with Gasteiger partial charge in [0.2, 0.25) is 15.9 Å². The summed E-state index contributed by atoms with van der Waals surface area (Å²) in [7, 11) is -0.782. The molecular weight excluding hydrogens is 404 g/mol. The summed E-state index contributed by atoms with van der Waals surface area (Å²) < 4.78 is 36.3. The van der Waals surface area contributed by atoms with Crippen LogP contribution in [-0.4, -0.2) is 40.8 Å². The molecule has 0 radical (unpaired) electrons. The van der Waals surface area contributed by atoms with Crippen molar-refractivity contribution in [3.8, 4) is 11.5 Å². The Hall–Kier alpha value is -2.45. The molecule has 152 valence electrons. The Morgan fingerprint density at radius 3 is 2.36 bits per heavy atom. The fourth-order valence-electron chi connectivity index (χ4n) is 2.68. The summed E-state index contributed by atoms with van der Waals surface area (Å²) in [5.41, 5.74) is 1.48. The fourth-order valence-corrected chi connectivity index (χ4v) is 4.02. The molecule has 1 amide bonds. The van der Waals surface area contributed by atoms with Crippen LogP contribution in [-0.2, 0) is 14.8 Å². The van der Waals surface area contributed by atoms with E-state index in [1.165, 1.54) is 27.2 Å². The first-order valence-corrected chi connectivity index (χ1v) is 10.6. The lowest BCUT2D eigenvalue weighted by molar-refractivity contribution is -0.116. The van der Waals surface area contributed by atoms with Crippen molar-refractivity contribution in [3.63, 3.8) is 0 Å². The smallest absolute Gasteiger partial charge is 0.248 e. The molecule has 2 aromatic rings. The summed E-state index contributed by atoms with van der Waals surface area (Å²) in [6, 6.07) is 8.72. The van der Waals surface area contributed by atoms with Gasteiger partial charge in [-0.15, -0.1) is 0 Å². The zero-order valence-electron chi connectivity index (χ0n) is 16.3. The molecule has 0 aliphatic carbocycles. The number of hydrogen-bond donors (Lipinski definition) is 1. The van der Waals surface area contributed by atoms with Gasteiger partial charge < -0.3 is 14.8 Å². The zero-order valence-corrected chi connectivity index (χ0v) is 17.9. The summed E-state index contributed by atoms with van der Waals surface area (Å²) in [6.45, 7) is 3.30. The molecule has 9 heteroatoms. The van der Waals surface area contributed by atoms with Gasteiger partial charge >= 0.3 is 0 Å². The van der Waals surface area contributed by atoms with Crippen LogP contribution >= 0.6 is 11.6 Å². The monoisotopic (exact) mass is 426 g/mol. The Bertz CT molecular complexity index is 978. The van der Waals surface area contributed by atoms with Crippen molar-refractivity contribution >= 4 is 38.9 Å². The van der Waals surface area contributed by atoms with Crippen molar-refractivity contribution in [2.45, 2.75) is 19.9 Å². The second-order valence-electron chi connectivity index (χ2n) is 6.22. The number of methoxy groups -OCH3 is 2. The maximum atomic E-state index is 12.8. The molecule has 0 saturated heterocycles. The van der Waals surface area contributed by atoms with Gasteiger partial charge in [0.05, 0.1) is 31.9 Å². The minimum absolute atomic E-state index is 0.304. The molecule has 0 aliphatic rings. The Morgan fingerprint density at radius 2 is 1.82 bits per heavy atom. The van der Waals surface area contributed by atoms with E-state index in [0.717, 1.165) is 16.1 Å². The molecule has 1 atom stereocenters. The first kappa shape index (κ1) is 21.8. The number of nitrogens with one attached hydrogen (secondary N) is 1. The normalized spacial score (nSPS) is 12.2. The van der Waals surface area contributed by atoms with Crippen molar-refractivity contribution in [1.29, 1.82) is 0 Å². The Morgan fingerprint density at radius 1 is 1.14 bits per heavy atom. The van der Waals surface area contributed by atoms with E-state index in [-0.39, 0.29) is 0 Å². The first-order valence-electron chi connectivity index (χ1n) is 8.37. The summed E-state index contributed by atoms with van der Waals surface area (Å²) >= 11 is 6.14. The van der Waals surface area contributed by atoms with Gasteiger partial charge in [-0.1, -0.05) is 17.7 Å². The van der Waals surface area contributed by atoms with Gasteiger partial charge in [0, 0.05) is 11.1 Å². The number of anilines is 2. The molecule has 0 spiro atoms. The van der Waals surface area contributed by atoms with E-state index in [0.29, 0.717) is 27.9 Å². The summed E-state index contributed by atoms with van der Waals surface area (Å²) in [5, 5.41) is 3.11. The van der Waals surface area contributed by atoms with Crippen molar-refractivity contribution in [1.82, 2.24) is 0 Å². The zero-order chi connectivity index (χ0) is 21.1. The lowest BCUT2D eigenvalue weighted by atomic mass is 10.2. The molecule has 0 aromatic heterocycles. The predicted molar refractivity (Wildman–Crippen MR) is 111 cm³/mol. The highest BCUT2D eigenvalue weighted by Crippen LogP contribution is 2.30. The number of carbonyl (C=O) groups is 1. The number of rotatable bonds is 7. The van der Waals surface area contributed by atoms with Crippen molar-refractivity contribution < 1.29 is 22.7 Å². The van der Waals surface area contributed by atoms with E-state index in [1.807, 2.05) is 6.92 Å². The Balaban J connectivity index is 2.38. The van der Waals surface area contributed by atoms with Crippen LogP contribution in [0.4, 0.5) is 11.4 Å². The topological polar surface area (TPSA) is 84.9 Å². The van der Waals surface area contributed by atoms with Crippen LogP contribution in [0.15, 0.2) is 36.4 Å². The second-order valence-corrected chi connectivity index (χ2v) is 8.49. The van der Waals surface area contributed by atoms with Crippen molar-refractivity contribution in [2.24, 2.45) is 0 Å². The maximum Gasteiger partial charge on any atom is 0.248 e. The minimum atomic E-state index is -3.75. The molecule has 2 aromatic carbocycles. The summed E-state index contributed by atoms with van der Waals surface area (Å²) in [6.07, 6.45) is 1.04. The number of carbonyl (C=O) groups excluding carboxylic acids is 1. The van der Waals surface area contributed by atoms with Gasteiger partial charge in [0.15, 0.2) is 0 Å². The number of nitrogens with zero attached hydrogens (tertiary/aromatic N) is 1. The lowest BCUT2D eigenvalue weighted by Gasteiger charge is -2.28. The molecular formula is C19H23ClN2O5S. The summed E-state index contributed by atoms with van der Waals surface area (Å²) in [5.74, 6) is 0.411. The number of aryl methyl sites for hydroxylation is 1. The third-order valence-electron chi connectivity index (χ3n) is 4.16. The fraction of sp³-hybridized carbons (Fsp3) is 0.316. The molecule has 0 bridgehead atoms. The quantitative estimate of drug-likeness (QED) is 0.732. The molecule has 0 saturated carbocycles. The third-order valence-corrected chi connectivity index (χ3v) is 5.81. The van der Waals surface area contributed by atoms with Crippen LogP contribution < -0.4 is 19.1 Å². The molecule has 0 heterocycles. The number of halogens is 1. The average molecular weight is 427 g/mol. The van der Waals surface area contributed by atoms with Gasteiger partial charge in [-0.05, 0) is 43.7 Å². The Kier molecular flexibility index (Phi) is 6.79. The van der Waals surface area contributed by atoms with E-state index < -0.39 is 22.0 Å². The van der Waals surface area contributed by atoms with Crippen LogP contribution in [0.25, 0.3) is 0 Å². The second kappa shape index (κ2) is 8.70. The van der Waals surface area contributed by atoms with Crippen molar-refractivity contribution in [3.05, 3.63) is 47.0 Å². The van der Waals surface area contributed by atoms with Gasteiger partial charge in [0.1, 0.15) is 17.5 Å². The minimum Gasteiger partial charge on any atom is -0.497 e. The van der Waals surface area contributed by atoms with E-state index >= 15 is 0 Å². The number of sulfonamides is 1. The van der Waals surface area contributed by atoms with E-state index in [9.17, 15) is 13.2 Å². The van der Waals surface area contributed by atoms with Gasteiger partial charge in [0.25, 0.3) is 0 Å². The van der Waals surface area contributed by atoms with Gasteiger partial charge in [-0.3, -0.25) is 9.10 Å². The molecule has 0 aliphatic heterocycles. The van der Waals surface area contributed by atoms with Crippen LogP contribution in [0.5, 0.6) is 11.5 Å². The lowest BCUT2D eigenvalue weighted by Crippen LogP contribution is -2.45. The SMILES string of the molecule is COc1ccc(OC)c(NC(=O)C(C)N(c2ccc(C)c(Cl)c2)S(C)(=O)=O)c1. The molecule has 2 rings (SSSR count). The van der Waals surface area contributed by atoms with Crippen molar-refractivity contribution in [2.75, 3.05) is 30.1 Å². The van der Waals surface area contributed by atoms with Gasteiger partial charge in [-0.2, -0.15) is 0 Å². The van der Waals surface area contributed by atoms with E-state index in [2.05, 4.69) is 5.32 Å². The number of ether oxygens (including phenoxy) is 2. The highest BCUT2D eigenvalue weighted by molar-refractivity contribution is 7.92. The Labute approximate surface area is 170 Å². The maximum absolute atomic E-state index is 12.8. The predicted octanol–water partition coefficient (Wildman–Crippen LogP) is 3.46. The molecule has 1 unspecified atom stereocenters. The largest absolute Gasteiger partial charge is 0.497 e. The highest BCUT2D eigenvalue weighted by atomic mass is 35.5. The molecule has 1 N–H and O–H groups in total. The summed E-state index contributed by atoms with van der Waals surface area (Å²) in [4.78, 5) is 12.8. The first-order chi connectivity index (χ1) is 13.1. The standard InChI is InChI=1S/C19H23ClN2O5S/c1-12-6-7-14(10-16(12)20)22(28(5,24)25)13(2)19(23)21-17-11-15(26-3)8-9-18(17)27-4/h6-11,13H,1-5H3,(H,21,23). The molecule has 28 heavy (non-hydrogen) atoms. The average Bonchev–Trinajstić information content (AvgIpc) is 2.63. The molecule has 7 nitrogen and oxygen atoms in total. The van der Waals surface area contributed by atoms with Crippen LogP contribution in [0.1, 0.15) is 12.5 Å². The number of amides is 1. The van der Waals surface area contributed by atoms with E-state index in [4.69, 9.17) is 21.1 Å². The third kappa shape index (κ3) is 4.88. The number of benzene rings is 2. The van der Waals surface area contributed by atoms with Crippen LogP contribution in [0.3, 0.4) is 0 Å². The highest BCUT2D eigenvalue weighted by Gasteiger charge is 2.30. The van der Waals surface area contributed by atoms with Crippen LogP contribution in [0, 0.1) is 6.92 Å². The van der Waals surface area contributed by atoms with Crippen LogP contribution in [0.2, 0.25) is 5.02 Å². The molecule has 0 fully saturated rings. The van der Waals surface area contributed by atoms with Gasteiger partial charge in [-0.25, -0.2) is 8.42 Å².